The molecule has 0 aliphatic carbocycles. The van der Waals surface area contributed by atoms with Crippen LogP contribution < -0.4 is 4.80 Å². The van der Waals surface area contributed by atoms with E-state index in [1.807, 2.05) is 42.6 Å². The van der Waals surface area contributed by atoms with Crippen LogP contribution in [0.2, 0.25) is 0 Å². The van der Waals surface area contributed by atoms with Crippen molar-refractivity contribution in [2.75, 3.05) is 0 Å². The van der Waals surface area contributed by atoms with Gasteiger partial charge in [-0.1, -0.05) is 30.3 Å². The summed E-state index contributed by atoms with van der Waals surface area (Å²) in [7, 11) is 0. The Bertz CT molecular complexity index is 1110. The first kappa shape index (κ1) is 15.5. The number of benzene rings is 1. The number of nitrogens with zero attached hydrogens (tertiary/aromatic N) is 3. The van der Waals surface area contributed by atoms with Crippen molar-refractivity contribution in [2.24, 2.45) is 4.99 Å². The van der Waals surface area contributed by atoms with Gasteiger partial charge in [0.1, 0.15) is 5.65 Å². The minimum Gasteiger partial charge on any atom is -0.345 e. The maximum atomic E-state index is 12.7. The van der Waals surface area contributed by atoms with Crippen LogP contribution in [-0.4, -0.2) is 20.4 Å². The van der Waals surface area contributed by atoms with Crippen molar-refractivity contribution in [2.45, 2.75) is 13.5 Å². The van der Waals surface area contributed by atoms with Crippen LogP contribution in [0.3, 0.4) is 0 Å². The number of carbonyl (C=O) groups excluding carboxylic acids is 1. The van der Waals surface area contributed by atoms with Gasteiger partial charge in [0.05, 0.1) is 12.1 Å². The average Bonchev–Trinajstić information content (AvgIpc) is 3.21. The van der Waals surface area contributed by atoms with E-state index in [0.717, 1.165) is 11.1 Å². The number of aryl methyl sites for hydroxylation is 1. The lowest BCUT2D eigenvalue weighted by atomic mass is 10.2. The molecule has 1 N–H and O–H groups in total. The second-order valence-electron chi connectivity index (χ2n) is 5.75. The van der Waals surface area contributed by atoms with E-state index in [9.17, 15) is 4.79 Å². The number of hydrogen-bond donors (Lipinski definition) is 1. The van der Waals surface area contributed by atoms with Crippen LogP contribution in [0.15, 0.2) is 65.2 Å². The lowest BCUT2D eigenvalue weighted by Crippen LogP contribution is -2.19. The Balaban J connectivity index is 1.73. The lowest BCUT2D eigenvalue weighted by Gasteiger charge is -2.05. The first-order valence-corrected chi connectivity index (χ1v) is 8.80. The van der Waals surface area contributed by atoms with Gasteiger partial charge < -0.3 is 9.55 Å². The van der Waals surface area contributed by atoms with Crippen LogP contribution in [0.25, 0.3) is 11.0 Å². The fourth-order valence-electron chi connectivity index (χ4n) is 2.74. The summed E-state index contributed by atoms with van der Waals surface area (Å²) >= 11 is 1.48. The van der Waals surface area contributed by atoms with Crippen LogP contribution in [0.5, 0.6) is 0 Å². The maximum absolute atomic E-state index is 12.7. The molecule has 6 heteroatoms. The standard InChI is InChI=1S/C19H16N4OS/c1-13-12-25-19(23(13)11-14-6-3-2-4-7-14)22-18(24)16-10-21-17-15(16)8-5-9-20-17/h2-10,12H,11H2,1H3,(H,20,21). The number of fused-ring (bicyclic) bond motifs is 1. The van der Waals surface area contributed by atoms with E-state index in [4.69, 9.17) is 0 Å². The Morgan fingerprint density at radius 3 is 2.92 bits per heavy atom. The number of pyridine rings is 1. The molecule has 1 amide bonds. The number of carbonyl (C=O) groups is 1. The number of aromatic nitrogens is 3. The molecule has 124 valence electrons. The molecule has 3 heterocycles. The van der Waals surface area contributed by atoms with Crippen LogP contribution >= 0.6 is 11.3 Å². The highest BCUT2D eigenvalue weighted by molar-refractivity contribution is 7.07. The van der Waals surface area contributed by atoms with Gasteiger partial charge in [-0.3, -0.25) is 4.79 Å². The van der Waals surface area contributed by atoms with Crippen molar-refractivity contribution in [3.8, 4) is 0 Å². The minimum atomic E-state index is -0.261. The fourth-order valence-corrected chi connectivity index (χ4v) is 3.62. The zero-order valence-electron chi connectivity index (χ0n) is 13.6. The van der Waals surface area contributed by atoms with E-state index in [1.165, 1.54) is 16.9 Å². The number of nitrogens with one attached hydrogen (secondary N) is 1. The predicted molar refractivity (Wildman–Crippen MR) is 98.6 cm³/mol. The normalized spacial score (nSPS) is 12.0. The zero-order chi connectivity index (χ0) is 17.2. The summed E-state index contributed by atoms with van der Waals surface area (Å²) in [6.45, 7) is 2.72. The summed E-state index contributed by atoms with van der Waals surface area (Å²) < 4.78 is 2.06. The summed E-state index contributed by atoms with van der Waals surface area (Å²) in [6, 6.07) is 13.9. The molecule has 25 heavy (non-hydrogen) atoms. The van der Waals surface area contributed by atoms with Gasteiger partial charge in [0, 0.05) is 28.9 Å². The lowest BCUT2D eigenvalue weighted by molar-refractivity contribution is 0.0999. The van der Waals surface area contributed by atoms with Crippen molar-refractivity contribution in [3.63, 3.8) is 0 Å². The average molecular weight is 348 g/mol. The molecule has 0 saturated heterocycles. The highest BCUT2D eigenvalue weighted by Crippen LogP contribution is 2.16. The molecule has 0 spiro atoms. The first-order chi connectivity index (χ1) is 12.2. The maximum Gasteiger partial charge on any atom is 0.281 e. The quantitative estimate of drug-likeness (QED) is 0.616. The summed E-state index contributed by atoms with van der Waals surface area (Å²) in [5.41, 5.74) is 3.50. The predicted octanol–water partition coefficient (Wildman–Crippen LogP) is 3.52. The van der Waals surface area contributed by atoms with Gasteiger partial charge in [0.25, 0.3) is 5.91 Å². The van der Waals surface area contributed by atoms with Gasteiger partial charge in [0.2, 0.25) is 0 Å². The van der Waals surface area contributed by atoms with Gasteiger partial charge in [-0.15, -0.1) is 11.3 Å². The Kier molecular flexibility index (Phi) is 4.03. The van der Waals surface area contributed by atoms with Gasteiger partial charge >= 0.3 is 0 Å². The molecular formula is C19H16N4OS. The van der Waals surface area contributed by atoms with E-state index in [1.54, 1.807) is 12.4 Å². The second kappa shape index (κ2) is 6.49. The van der Waals surface area contributed by atoms with Crippen molar-refractivity contribution in [3.05, 3.63) is 81.9 Å². The monoisotopic (exact) mass is 348 g/mol. The largest absolute Gasteiger partial charge is 0.345 e. The molecule has 0 atom stereocenters. The summed E-state index contributed by atoms with van der Waals surface area (Å²) in [6.07, 6.45) is 3.37. The van der Waals surface area contributed by atoms with E-state index in [-0.39, 0.29) is 5.91 Å². The molecule has 4 rings (SSSR count). The fraction of sp³-hybridized carbons (Fsp3) is 0.105. The Morgan fingerprint density at radius 1 is 1.24 bits per heavy atom. The van der Waals surface area contributed by atoms with Crippen LogP contribution in [0.4, 0.5) is 0 Å². The molecular weight excluding hydrogens is 332 g/mol. The third-order valence-corrected chi connectivity index (χ3v) is 5.04. The third-order valence-electron chi connectivity index (χ3n) is 4.05. The van der Waals surface area contributed by atoms with Crippen LogP contribution in [0, 0.1) is 6.92 Å². The molecule has 4 aromatic rings. The summed E-state index contributed by atoms with van der Waals surface area (Å²) in [5, 5.41) is 2.81. The van der Waals surface area contributed by atoms with Gasteiger partial charge in [-0.25, -0.2) is 4.98 Å². The van der Waals surface area contributed by atoms with Gasteiger partial charge in [-0.05, 0) is 24.6 Å². The second-order valence-corrected chi connectivity index (χ2v) is 6.59. The summed E-state index contributed by atoms with van der Waals surface area (Å²) in [5.74, 6) is -0.261. The molecule has 0 aliphatic rings. The topological polar surface area (TPSA) is 63.0 Å². The molecule has 0 fully saturated rings. The third kappa shape index (κ3) is 3.04. The van der Waals surface area contributed by atoms with Crippen LogP contribution in [-0.2, 0) is 6.54 Å². The molecule has 0 aliphatic heterocycles. The van der Waals surface area contributed by atoms with Gasteiger partial charge in [-0.2, -0.15) is 4.99 Å². The van der Waals surface area contributed by atoms with Crippen molar-refractivity contribution in [1.29, 1.82) is 0 Å². The molecule has 3 aromatic heterocycles. The van der Waals surface area contributed by atoms with E-state index < -0.39 is 0 Å². The Morgan fingerprint density at radius 2 is 2.08 bits per heavy atom. The molecule has 0 saturated carbocycles. The highest BCUT2D eigenvalue weighted by Gasteiger charge is 2.12. The van der Waals surface area contributed by atoms with Crippen molar-refractivity contribution in [1.82, 2.24) is 14.5 Å². The molecule has 0 radical (unpaired) electrons. The number of H-pyrrole nitrogens is 1. The zero-order valence-corrected chi connectivity index (χ0v) is 14.5. The number of rotatable bonds is 3. The minimum absolute atomic E-state index is 0.261. The molecule has 0 bridgehead atoms. The number of aromatic amines is 1. The molecule has 5 nitrogen and oxygen atoms in total. The van der Waals surface area contributed by atoms with Gasteiger partial charge in [0.15, 0.2) is 4.80 Å². The number of hydrogen-bond acceptors (Lipinski definition) is 3. The molecule has 0 unspecified atom stereocenters. The first-order valence-electron chi connectivity index (χ1n) is 7.92. The van der Waals surface area contributed by atoms with Crippen molar-refractivity contribution < 1.29 is 4.79 Å². The number of thiazole rings is 1. The van der Waals surface area contributed by atoms with E-state index >= 15 is 0 Å². The Hall–Kier alpha value is -2.99. The molecule has 1 aromatic carbocycles. The van der Waals surface area contributed by atoms with Crippen LogP contribution in [0.1, 0.15) is 21.6 Å². The highest BCUT2D eigenvalue weighted by atomic mass is 32.1. The van der Waals surface area contributed by atoms with E-state index in [2.05, 4.69) is 31.7 Å². The SMILES string of the molecule is Cc1csc(=NC(=O)c2c[nH]c3ncccc23)n1Cc1ccccc1. The van der Waals surface area contributed by atoms with E-state index in [0.29, 0.717) is 22.6 Å². The Labute approximate surface area is 148 Å². The summed E-state index contributed by atoms with van der Waals surface area (Å²) in [4.78, 5) is 25.0. The number of amides is 1. The smallest absolute Gasteiger partial charge is 0.281 e. The van der Waals surface area contributed by atoms with Crippen molar-refractivity contribution >= 4 is 28.3 Å².